The Morgan fingerprint density at radius 3 is 2.80 bits per heavy atom. The van der Waals surface area contributed by atoms with Crippen LogP contribution in [0.4, 0.5) is 4.79 Å². The van der Waals surface area contributed by atoms with E-state index in [1.165, 1.54) is 7.11 Å². The zero-order chi connectivity index (χ0) is 14.4. The molecule has 20 heavy (non-hydrogen) atoms. The van der Waals surface area contributed by atoms with Gasteiger partial charge in [0.1, 0.15) is 6.61 Å². The van der Waals surface area contributed by atoms with Gasteiger partial charge in [-0.15, -0.1) is 0 Å². The summed E-state index contributed by atoms with van der Waals surface area (Å²) in [5, 5.41) is 2.54. The van der Waals surface area contributed by atoms with Crippen molar-refractivity contribution in [3.8, 4) is 0 Å². The highest BCUT2D eigenvalue weighted by molar-refractivity contribution is 7.81. The predicted molar refractivity (Wildman–Crippen MR) is 76.2 cm³/mol. The summed E-state index contributed by atoms with van der Waals surface area (Å²) in [7, 11) is 1.40. The standard InChI is InChI=1S/C14H17NO4S/c1-18-20(17)13-8-7-12(9-13)15-14(16)19-10-11-5-3-2-4-6-11/h2-8,12-13H,9-10H2,1H3,(H,15,16)/t12-,13+,20?/m0/s1. The Morgan fingerprint density at radius 2 is 2.10 bits per heavy atom. The van der Waals surface area contributed by atoms with Crippen LogP contribution in [0.15, 0.2) is 42.5 Å². The van der Waals surface area contributed by atoms with Gasteiger partial charge in [0.2, 0.25) is 0 Å². The van der Waals surface area contributed by atoms with Gasteiger partial charge in [-0.3, -0.25) is 4.18 Å². The van der Waals surface area contributed by atoms with Gasteiger partial charge in [0, 0.05) is 0 Å². The first kappa shape index (κ1) is 14.7. The Bertz CT molecular complexity index is 503. The molecule has 1 unspecified atom stereocenters. The average molecular weight is 295 g/mol. The van der Waals surface area contributed by atoms with Crippen molar-refractivity contribution < 1.29 is 17.9 Å². The summed E-state index contributed by atoms with van der Waals surface area (Å²) < 4.78 is 21.3. The van der Waals surface area contributed by atoms with Gasteiger partial charge in [-0.2, -0.15) is 0 Å². The maximum absolute atomic E-state index is 11.6. The Hall–Kier alpha value is -1.66. The van der Waals surface area contributed by atoms with E-state index < -0.39 is 17.2 Å². The van der Waals surface area contributed by atoms with Crippen molar-refractivity contribution in [3.63, 3.8) is 0 Å². The second kappa shape index (κ2) is 7.21. The quantitative estimate of drug-likeness (QED) is 0.843. The van der Waals surface area contributed by atoms with Crippen LogP contribution < -0.4 is 5.32 Å². The minimum atomic E-state index is -1.35. The van der Waals surface area contributed by atoms with E-state index in [2.05, 4.69) is 5.32 Å². The molecular weight excluding hydrogens is 278 g/mol. The van der Waals surface area contributed by atoms with Gasteiger partial charge in [-0.1, -0.05) is 42.5 Å². The molecule has 1 aromatic rings. The molecule has 0 fully saturated rings. The maximum Gasteiger partial charge on any atom is 0.407 e. The van der Waals surface area contributed by atoms with Gasteiger partial charge in [0.05, 0.1) is 18.4 Å². The molecule has 0 spiro atoms. The van der Waals surface area contributed by atoms with Crippen LogP contribution in [0.2, 0.25) is 0 Å². The monoisotopic (exact) mass is 295 g/mol. The third-order valence-electron chi connectivity index (χ3n) is 2.97. The van der Waals surface area contributed by atoms with Crippen LogP contribution in [0.25, 0.3) is 0 Å². The molecule has 3 atom stereocenters. The highest BCUT2D eigenvalue weighted by Gasteiger charge is 2.25. The number of carbonyl (C=O) groups is 1. The summed E-state index contributed by atoms with van der Waals surface area (Å²) in [5.74, 6) is 0. The summed E-state index contributed by atoms with van der Waals surface area (Å²) in [6.07, 6.45) is 3.68. The first-order chi connectivity index (χ1) is 9.69. The number of carbonyl (C=O) groups excluding carboxylic acids is 1. The van der Waals surface area contributed by atoms with E-state index in [1.807, 2.05) is 36.4 Å². The fourth-order valence-electron chi connectivity index (χ4n) is 1.95. The van der Waals surface area contributed by atoms with E-state index in [4.69, 9.17) is 8.92 Å². The second-order valence-electron chi connectivity index (χ2n) is 4.40. The van der Waals surface area contributed by atoms with Crippen molar-refractivity contribution in [1.29, 1.82) is 0 Å². The molecule has 1 aliphatic carbocycles. The van der Waals surface area contributed by atoms with Crippen LogP contribution in [-0.4, -0.2) is 28.7 Å². The lowest BCUT2D eigenvalue weighted by atomic mass is 10.2. The smallest absolute Gasteiger partial charge is 0.407 e. The van der Waals surface area contributed by atoms with Gasteiger partial charge >= 0.3 is 6.09 Å². The minimum Gasteiger partial charge on any atom is -0.445 e. The summed E-state index contributed by atoms with van der Waals surface area (Å²) in [5.41, 5.74) is 0.933. The molecule has 1 aromatic carbocycles. The molecule has 0 heterocycles. The Labute approximate surface area is 120 Å². The number of hydrogen-bond donors (Lipinski definition) is 1. The minimum absolute atomic E-state index is 0.164. The number of benzene rings is 1. The fraction of sp³-hybridized carbons (Fsp3) is 0.357. The van der Waals surface area contributed by atoms with Crippen molar-refractivity contribution in [2.24, 2.45) is 0 Å². The Balaban J connectivity index is 1.73. The van der Waals surface area contributed by atoms with Crippen LogP contribution in [0.3, 0.4) is 0 Å². The molecule has 0 radical (unpaired) electrons. The molecule has 0 saturated heterocycles. The molecule has 0 saturated carbocycles. The summed E-state index contributed by atoms with van der Waals surface area (Å²) >= 11 is -1.35. The number of rotatable bonds is 5. The number of alkyl carbamates (subject to hydrolysis) is 1. The van der Waals surface area contributed by atoms with E-state index in [9.17, 15) is 9.00 Å². The number of hydrogen-bond acceptors (Lipinski definition) is 4. The van der Waals surface area contributed by atoms with E-state index in [0.717, 1.165) is 5.56 Å². The van der Waals surface area contributed by atoms with Crippen LogP contribution in [-0.2, 0) is 26.6 Å². The first-order valence-corrected chi connectivity index (χ1v) is 7.43. The molecular formula is C14H17NO4S. The first-order valence-electron chi connectivity index (χ1n) is 6.29. The summed E-state index contributed by atoms with van der Waals surface area (Å²) in [6.45, 7) is 0.233. The molecule has 108 valence electrons. The van der Waals surface area contributed by atoms with Gasteiger partial charge in [0.25, 0.3) is 0 Å². The summed E-state index contributed by atoms with van der Waals surface area (Å²) in [4.78, 5) is 11.6. The highest BCUT2D eigenvalue weighted by Crippen LogP contribution is 2.17. The third-order valence-corrected chi connectivity index (χ3v) is 4.14. The average Bonchev–Trinajstić information content (AvgIpc) is 2.94. The van der Waals surface area contributed by atoms with Crippen molar-refractivity contribution in [3.05, 3.63) is 48.0 Å². The van der Waals surface area contributed by atoms with Crippen molar-refractivity contribution in [2.45, 2.75) is 24.3 Å². The Morgan fingerprint density at radius 1 is 1.35 bits per heavy atom. The summed E-state index contributed by atoms with van der Waals surface area (Å²) in [6, 6.07) is 9.30. The zero-order valence-electron chi connectivity index (χ0n) is 11.2. The van der Waals surface area contributed by atoms with Crippen molar-refractivity contribution in [1.82, 2.24) is 5.32 Å². The second-order valence-corrected chi connectivity index (χ2v) is 5.86. The third kappa shape index (κ3) is 4.18. The molecule has 0 aliphatic heterocycles. The SMILES string of the molecule is COS(=O)[C@@H]1C=C[C@H](NC(=O)OCc2ccccc2)C1. The van der Waals surface area contributed by atoms with E-state index in [1.54, 1.807) is 6.08 Å². The highest BCUT2D eigenvalue weighted by atomic mass is 32.2. The van der Waals surface area contributed by atoms with Crippen LogP contribution >= 0.6 is 0 Å². The molecule has 5 nitrogen and oxygen atoms in total. The van der Waals surface area contributed by atoms with E-state index in [-0.39, 0.29) is 17.9 Å². The lowest BCUT2D eigenvalue weighted by Gasteiger charge is -2.13. The number of nitrogens with one attached hydrogen (secondary N) is 1. The lowest BCUT2D eigenvalue weighted by molar-refractivity contribution is 0.137. The number of ether oxygens (including phenoxy) is 1. The molecule has 2 rings (SSSR count). The zero-order valence-corrected chi connectivity index (χ0v) is 12.0. The largest absolute Gasteiger partial charge is 0.445 e. The molecule has 1 aliphatic rings. The molecule has 6 heteroatoms. The van der Waals surface area contributed by atoms with E-state index >= 15 is 0 Å². The fourth-order valence-corrected chi connectivity index (χ4v) is 2.79. The molecule has 1 N–H and O–H groups in total. The molecule has 0 aromatic heterocycles. The van der Waals surface area contributed by atoms with E-state index in [0.29, 0.717) is 6.42 Å². The normalized spacial score (nSPS) is 22.4. The van der Waals surface area contributed by atoms with Crippen LogP contribution in [0, 0.1) is 0 Å². The maximum atomic E-state index is 11.6. The van der Waals surface area contributed by atoms with Crippen molar-refractivity contribution >= 4 is 17.2 Å². The van der Waals surface area contributed by atoms with Crippen LogP contribution in [0.5, 0.6) is 0 Å². The Kier molecular flexibility index (Phi) is 5.31. The molecule has 0 bridgehead atoms. The van der Waals surface area contributed by atoms with Crippen molar-refractivity contribution in [2.75, 3.05) is 7.11 Å². The van der Waals surface area contributed by atoms with Gasteiger partial charge < -0.3 is 10.1 Å². The van der Waals surface area contributed by atoms with Gasteiger partial charge in [-0.25, -0.2) is 9.00 Å². The van der Waals surface area contributed by atoms with Gasteiger partial charge in [-0.05, 0) is 12.0 Å². The number of amides is 1. The molecule has 1 amide bonds. The lowest BCUT2D eigenvalue weighted by Crippen LogP contribution is -2.34. The predicted octanol–water partition coefficient (Wildman–Crippen LogP) is 1.92. The topological polar surface area (TPSA) is 64.6 Å². The van der Waals surface area contributed by atoms with Gasteiger partial charge in [0.15, 0.2) is 11.1 Å². The van der Waals surface area contributed by atoms with Crippen LogP contribution in [0.1, 0.15) is 12.0 Å².